The number of amides is 1. The fraction of sp³-hybridized carbons (Fsp3) is 0.875. The molecule has 0 fully saturated rings. The lowest BCUT2D eigenvalue weighted by atomic mass is 9.93. The Morgan fingerprint density at radius 3 is 1.50 bits per heavy atom. The van der Waals surface area contributed by atoms with E-state index >= 15 is 0 Å². The van der Waals surface area contributed by atoms with Gasteiger partial charge in [0.2, 0.25) is 5.91 Å². The van der Waals surface area contributed by atoms with Crippen molar-refractivity contribution < 1.29 is 4.79 Å². The minimum Gasteiger partial charge on any atom is -0.334 e. The highest BCUT2D eigenvalue weighted by atomic mass is 16.2. The molecule has 0 rings (SSSR count). The predicted octanol–water partition coefficient (Wildman–Crippen LogP) is 7.67. The Morgan fingerprint density at radius 2 is 1.15 bits per heavy atom. The van der Waals surface area contributed by atoms with Crippen molar-refractivity contribution in [3.8, 4) is 0 Å². The normalized spacial score (nSPS) is 11.6. The lowest BCUT2D eigenvalue weighted by Crippen LogP contribution is -2.47. The van der Waals surface area contributed by atoms with Crippen molar-refractivity contribution in [3.05, 3.63) is 12.2 Å². The van der Waals surface area contributed by atoms with Crippen molar-refractivity contribution in [2.45, 2.75) is 130 Å². The van der Waals surface area contributed by atoms with Gasteiger partial charge in [-0.05, 0) is 34.1 Å². The molecule has 154 valence electrons. The van der Waals surface area contributed by atoms with Gasteiger partial charge in [0.05, 0.1) is 0 Å². The van der Waals surface area contributed by atoms with Crippen LogP contribution in [0.1, 0.15) is 125 Å². The third-order valence-corrected chi connectivity index (χ3v) is 5.55. The molecule has 0 unspecified atom stereocenters. The summed E-state index contributed by atoms with van der Waals surface area (Å²) in [5, 5.41) is 0. The van der Waals surface area contributed by atoms with E-state index in [4.69, 9.17) is 0 Å². The van der Waals surface area contributed by atoms with Gasteiger partial charge in [-0.1, -0.05) is 97.0 Å². The van der Waals surface area contributed by atoms with Gasteiger partial charge in [-0.3, -0.25) is 4.79 Å². The van der Waals surface area contributed by atoms with Crippen LogP contribution in [0.25, 0.3) is 0 Å². The predicted molar refractivity (Wildman–Crippen MR) is 117 cm³/mol. The molecule has 1 amide bonds. The van der Waals surface area contributed by atoms with Gasteiger partial charge in [-0.15, -0.1) is 0 Å². The number of nitrogens with zero attached hydrogens (tertiary/aromatic N) is 1. The molecule has 0 aromatic heterocycles. The first kappa shape index (κ1) is 25.2. The van der Waals surface area contributed by atoms with E-state index < -0.39 is 0 Å². The standard InChI is InChI=1S/C24H47NO/c1-7-9-10-11-12-13-14-15-16-17-18-19-20-21-24(5,6)25(8-2)23(26)22(3)4/h3,7-21H2,1-2,4-6H3. The van der Waals surface area contributed by atoms with E-state index in [2.05, 4.69) is 34.3 Å². The molecule has 0 atom stereocenters. The largest absolute Gasteiger partial charge is 0.334 e. The van der Waals surface area contributed by atoms with Crippen molar-refractivity contribution in [2.24, 2.45) is 0 Å². The number of carbonyl (C=O) groups is 1. The van der Waals surface area contributed by atoms with Crippen LogP contribution in [0.4, 0.5) is 0 Å². The molecule has 0 spiro atoms. The highest BCUT2D eigenvalue weighted by Gasteiger charge is 2.29. The van der Waals surface area contributed by atoms with Crippen LogP contribution in [0.2, 0.25) is 0 Å². The first-order valence-corrected chi connectivity index (χ1v) is 11.3. The van der Waals surface area contributed by atoms with Crippen molar-refractivity contribution >= 4 is 5.91 Å². The number of hydrogen-bond donors (Lipinski definition) is 0. The number of carbonyl (C=O) groups excluding carboxylic acids is 1. The first-order valence-electron chi connectivity index (χ1n) is 11.3. The van der Waals surface area contributed by atoms with Crippen LogP contribution in [-0.4, -0.2) is 22.9 Å². The summed E-state index contributed by atoms with van der Waals surface area (Å²) < 4.78 is 0. The van der Waals surface area contributed by atoms with E-state index in [0.717, 1.165) is 13.0 Å². The average Bonchev–Trinajstić information content (AvgIpc) is 2.59. The summed E-state index contributed by atoms with van der Waals surface area (Å²) in [6, 6.07) is 0. The highest BCUT2D eigenvalue weighted by Crippen LogP contribution is 2.24. The van der Waals surface area contributed by atoms with Gasteiger partial charge in [-0.2, -0.15) is 0 Å². The zero-order chi connectivity index (χ0) is 19.8. The summed E-state index contributed by atoms with van der Waals surface area (Å²) in [6.45, 7) is 15.1. The Balaban J connectivity index is 3.67. The van der Waals surface area contributed by atoms with Gasteiger partial charge in [0, 0.05) is 17.7 Å². The lowest BCUT2D eigenvalue weighted by Gasteiger charge is -2.38. The number of rotatable bonds is 17. The minimum atomic E-state index is -0.0669. The fourth-order valence-electron chi connectivity index (χ4n) is 3.79. The van der Waals surface area contributed by atoms with Gasteiger partial charge >= 0.3 is 0 Å². The van der Waals surface area contributed by atoms with E-state index in [1.54, 1.807) is 0 Å². The van der Waals surface area contributed by atoms with E-state index in [1.807, 2.05) is 11.8 Å². The second-order valence-corrected chi connectivity index (χ2v) is 8.63. The zero-order valence-corrected chi connectivity index (χ0v) is 18.7. The maximum Gasteiger partial charge on any atom is 0.249 e. The van der Waals surface area contributed by atoms with Gasteiger partial charge in [-0.25, -0.2) is 0 Å². The Morgan fingerprint density at radius 1 is 0.769 bits per heavy atom. The number of unbranched alkanes of at least 4 members (excludes halogenated alkanes) is 12. The molecule has 2 heteroatoms. The Kier molecular flexibility index (Phi) is 14.8. The molecule has 2 nitrogen and oxygen atoms in total. The van der Waals surface area contributed by atoms with Crippen LogP contribution >= 0.6 is 0 Å². The van der Waals surface area contributed by atoms with Crippen LogP contribution < -0.4 is 0 Å². The lowest BCUT2D eigenvalue weighted by molar-refractivity contribution is -0.132. The van der Waals surface area contributed by atoms with Crippen LogP contribution in [0, 0.1) is 0 Å². The second-order valence-electron chi connectivity index (χ2n) is 8.63. The second kappa shape index (κ2) is 15.3. The number of hydrogen-bond acceptors (Lipinski definition) is 1. The van der Waals surface area contributed by atoms with E-state index in [-0.39, 0.29) is 11.4 Å². The van der Waals surface area contributed by atoms with Crippen molar-refractivity contribution in [1.29, 1.82) is 0 Å². The molecule has 0 saturated carbocycles. The quantitative estimate of drug-likeness (QED) is 0.191. The van der Waals surface area contributed by atoms with Gasteiger partial charge in [0.25, 0.3) is 0 Å². The third-order valence-electron chi connectivity index (χ3n) is 5.55. The third kappa shape index (κ3) is 11.8. The molecule has 26 heavy (non-hydrogen) atoms. The first-order chi connectivity index (χ1) is 12.4. The molecule has 0 aliphatic carbocycles. The fourth-order valence-corrected chi connectivity index (χ4v) is 3.79. The Hall–Kier alpha value is -0.790. The number of likely N-dealkylation sites (N-methyl/N-ethyl adjacent to an activating group) is 1. The SMILES string of the molecule is C=C(C)C(=O)N(CC)C(C)(C)CCCCCCCCCCCCCCC. The summed E-state index contributed by atoms with van der Waals surface area (Å²) in [4.78, 5) is 14.3. The molecule has 0 heterocycles. The summed E-state index contributed by atoms with van der Waals surface area (Å²) in [6.07, 6.45) is 19.0. The molecular weight excluding hydrogens is 318 g/mol. The van der Waals surface area contributed by atoms with Gasteiger partial charge in [0.1, 0.15) is 0 Å². The molecule has 0 aromatic carbocycles. The van der Waals surface area contributed by atoms with E-state index in [1.165, 1.54) is 83.5 Å². The van der Waals surface area contributed by atoms with Gasteiger partial charge in [0.15, 0.2) is 0 Å². The monoisotopic (exact) mass is 365 g/mol. The summed E-state index contributed by atoms with van der Waals surface area (Å²) >= 11 is 0. The van der Waals surface area contributed by atoms with Crippen LogP contribution in [0.15, 0.2) is 12.2 Å². The maximum atomic E-state index is 12.3. The average molecular weight is 366 g/mol. The maximum absolute atomic E-state index is 12.3. The van der Waals surface area contributed by atoms with Crippen molar-refractivity contribution in [3.63, 3.8) is 0 Å². The van der Waals surface area contributed by atoms with E-state index in [9.17, 15) is 4.79 Å². The summed E-state index contributed by atoms with van der Waals surface area (Å²) in [7, 11) is 0. The zero-order valence-electron chi connectivity index (χ0n) is 18.7. The molecule has 0 N–H and O–H groups in total. The molecule has 0 saturated heterocycles. The highest BCUT2D eigenvalue weighted by molar-refractivity contribution is 5.92. The van der Waals surface area contributed by atoms with Crippen LogP contribution in [0.3, 0.4) is 0 Å². The van der Waals surface area contributed by atoms with Gasteiger partial charge < -0.3 is 4.90 Å². The molecule has 0 aliphatic rings. The molecule has 0 aliphatic heterocycles. The van der Waals surface area contributed by atoms with Crippen molar-refractivity contribution in [2.75, 3.05) is 6.54 Å². The topological polar surface area (TPSA) is 20.3 Å². The molecular formula is C24H47NO. The molecule has 0 aromatic rings. The van der Waals surface area contributed by atoms with Crippen LogP contribution in [0.5, 0.6) is 0 Å². The van der Waals surface area contributed by atoms with E-state index in [0.29, 0.717) is 5.57 Å². The Bertz CT molecular complexity index is 372. The smallest absolute Gasteiger partial charge is 0.249 e. The summed E-state index contributed by atoms with van der Waals surface area (Å²) in [5.41, 5.74) is 0.577. The molecule has 0 radical (unpaired) electrons. The summed E-state index contributed by atoms with van der Waals surface area (Å²) in [5.74, 6) is 0.104. The van der Waals surface area contributed by atoms with Crippen molar-refractivity contribution in [1.82, 2.24) is 4.90 Å². The minimum absolute atomic E-state index is 0.0669. The Labute approximate surface area is 164 Å². The van der Waals surface area contributed by atoms with Crippen LogP contribution in [-0.2, 0) is 4.79 Å². The molecule has 0 bridgehead atoms.